The Kier molecular flexibility index (Phi) is 4.52. The summed E-state index contributed by atoms with van der Waals surface area (Å²) < 4.78 is 5.78. The molecule has 0 bridgehead atoms. The van der Waals surface area contributed by atoms with Crippen LogP contribution in [0.3, 0.4) is 0 Å². The van der Waals surface area contributed by atoms with E-state index < -0.39 is 0 Å². The number of aromatic nitrogens is 5. The largest absolute Gasteiger partial charge is 0.367 e. The van der Waals surface area contributed by atoms with Crippen molar-refractivity contribution >= 4 is 23.3 Å². The van der Waals surface area contributed by atoms with Crippen LogP contribution in [0.1, 0.15) is 43.0 Å². The molecule has 2 N–H and O–H groups in total. The maximum Gasteiger partial charge on any atom is 0.271 e. The minimum Gasteiger partial charge on any atom is -0.367 e. The highest BCUT2D eigenvalue weighted by atomic mass is 32.1. The first kappa shape index (κ1) is 17.3. The highest BCUT2D eigenvalue weighted by Crippen LogP contribution is 2.41. The summed E-state index contributed by atoms with van der Waals surface area (Å²) in [6.07, 6.45) is 8.91. The zero-order chi connectivity index (χ0) is 18.9. The van der Waals surface area contributed by atoms with Gasteiger partial charge in [0.25, 0.3) is 5.56 Å². The molecule has 2 fully saturated rings. The van der Waals surface area contributed by atoms with E-state index in [4.69, 9.17) is 0 Å². The van der Waals surface area contributed by atoms with Gasteiger partial charge in [0, 0.05) is 30.3 Å². The summed E-state index contributed by atoms with van der Waals surface area (Å²) >= 11 is 1.53. The van der Waals surface area contributed by atoms with Gasteiger partial charge in [0.05, 0.1) is 11.9 Å². The molecule has 2 saturated carbocycles. The number of anilines is 2. The van der Waals surface area contributed by atoms with E-state index in [1.165, 1.54) is 40.1 Å². The summed E-state index contributed by atoms with van der Waals surface area (Å²) in [5, 5.41) is 12.2. The quantitative estimate of drug-likeness (QED) is 0.662. The van der Waals surface area contributed by atoms with E-state index in [1.54, 1.807) is 18.5 Å². The van der Waals surface area contributed by atoms with Crippen LogP contribution in [0.2, 0.25) is 0 Å². The number of rotatable bonds is 6. The van der Waals surface area contributed by atoms with Crippen LogP contribution in [0.5, 0.6) is 0 Å². The average Bonchev–Trinajstić information content (AvgIpc) is 3.31. The first-order valence-corrected chi connectivity index (χ1v) is 10.4. The molecule has 28 heavy (non-hydrogen) atoms. The first-order valence-electron chi connectivity index (χ1n) is 9.62. The van der Waals surface area contributed by atoms with Gasteiger partial charge >= 0.3 is 0 Å². The second-order valence-electron chi connectivity index (χ2n) is 7.40. The van der Waals surface area contributed by atoms with Gasteiger partial charge in [0.1, 0.15) is 10.8 Å². The van der Waals surface area contributed by atoms with Crippen LogP contribution >= 0.6 is 11.5 Å². The van der Waals surface area contributed by atoms with Crippen LogP contribution in [0.15, 0.2) is 41.5 Å². The van der Waals surface area contributed by atoms with Crippen molar-refractivity contribution in [2.24, 2.45) is 0 Å². The Morgan fingerprint density at radius 3 is 2.68 bits per heavy atom. The van der Waals surface area contributed by atoms with Gasteiger partial charge in [-0.15, -0.1) is 0 Å². The highest BCUT2D eigenvalue weighted by molar-refractivity contribution is 7.05. The number of hydrogen-bond acceptors (Lipinski definition) is 8. The van der Waals surface area contributed by atoms with E-state index in [0.29, 0.717) is 23.7 Å². The Hall–Kier alpha value is -2.81. The Morgan fingerprint density at radius 1 is 1.07 bits per heavy atom. The van der Waals surface area contributed by atoms with E-state index in [2.05, 4.69) is 30.1 Å². The van der Waals surface area contributed by atoms with Crippen molar-refractivity contribution in [3.8, 4) is 5.69 Å². The third-order valence-electron chi connectivity index (χ3n) is 5.19. The van der Waals surface area contributed by atoms with Gasteiger partial charge in [-0.05, 0) is 61.8 Å². The molecule has 0 amide bonds. The number of nitrogens with one attached hydrogen (secondary N) is 2. The van der Waals surface area contributed by atoms with E-state index in [1.807, 2.05) is 12.1 Å². The molecule has 3 aromatic heterocycles. The fourth-order valence-corrected chi connectivity index (χ4v) is 4.36. The second-order valence-corrected chi connectivity index (χ2v) is 8.18. The van der Waals surface area contributed by atoms with E-state index in [-0.39, 0.29) is 5.56 Å². The lowest BCUT2D eigenvalue weighted by molar-refractivity contribution is 0.717. The van der Waals surface area contributed by atoms with E-state index >= 15 is 0 Å². The highest BCUT2D eigenvalue weighted by Gasteiger charge is 2.29. The molecule has 5 rings (SSSR count). The summed E-state index contributed by atoms with van der Waals surface area (Å²) in [5.41, 5.74) is 0.485. The van der Waals surface area contributed by atoms with Gasteiger partial charge in [-0.3, -0.25) is 4.79 Å². The summed E-state index contributed by atoms with van der Waals surface area (Å²) in [6.45, 7) is 0. The fraction of sp³-hybridized carbons (Fsp3) is 0.421. The standard InChI is InChI=1S/C19H21N7OS/c27-17-2-1-9-21-26(17)15-7-8-16(20-11-15)22-13-5-6-14(10-13)23-19-24-18(28-25-19)12-3-4-12/h1-2,7-9,11-14H,3-6,10H2,(H,20,22)(H,23,25)/t13-,14-/m0/s1. The maximum atomic E-state index is 11.9. The van der Waals surface area contributed by atoms with Gasteiger partial charge in [-0.1, -0.05) is 0 Å². The molecule has 0 aliphatic heterocycles. The lowest BCUT2D eigenvalue weighted by Crippen LogP contribution is -2.22. The molecular weight excluding hydrogens is 374 g/mol. The van der Waals surface area contributed by atoms with Crippen molar-refractivity contribution in [1.82, 2.24) is 24.1 Å². The minimum atomic E-state index is -0.171. The second kappa shape index (κ2) is 7.31. The normalized spacial score (nSPS) is 21.6. The van der Waals surface area contributed by atoms with Crippen LogP contribution in [-0.4, -0.2) is 36.2 Å². The molecule has 0 saturated heterocycles. The molecule has 2 atom stereocenters. The number of pyridine rings is 1. The van der Waals surface area contributed by atoms with E-state index in [9.17, 15) is 4.79 Å². The van der Waals surface area contributed by atoms with Crippen molar-refractivity contribution in [2.75, 3.05) is 10.6 Å². The summed E-state index contributed by atoms with van der Waals surface area (Å²) in [6, 6.07) is 7.59. The van der Waals surface area contributed by atoms with Crippen molar-refractivity contribution < 1.29 is 0 Å². The van der Waals surface area contributed by atoms with E-state index in [0.717, 1.165) is 31.0 Å². The fourth-order valence-electron chi connectivity index (χ4n) is 3.57. The lowest BCUT2D eigenvalue weighted by Gasteiger charge is -2.14. The predicted octanol–water partition coefficient (Wildman–Crippen LogP) is 2.80. The molecule has 3 aromatic rings. The zero-order valence-corrected chi connectivity index (χ0v) is 16.1. The molecule has 0 unspecified atom stereocenters. The first-order chi connectivity index (χ1) is 13.7. The maximum absolute atomic E-state index is 11.9. The van der Waals surface area contributed by atoms with Gasteiger partial charge < -0.3 is 10.6 Å². The number of hydrogen-bond donors (Lipinski definition) is 2. The molecule has 2 aliphatic rings. The molecule has 8 nitrogen and oxygen atoms in total. The summed E-state index contributed by atoms with van der Waals surface area (Å²) in [7, 11) is 0. The van der Waals surface area contributed by atoms with Gasteiger partial charge in [-0.2, -0.15) is 14.2 Å². The topological polar surface area (TPSA) is 97.6 Å². The zero-order valence-electron chi connectivity index (χ0n) is 15.3. The Balaban J connectivity index is 1.17. The molecular formula is C19H21N7OS. The third-order valence-corrected chi connectivity index (χ3v) is 6.07. The van der Waals surface area contributed by atoms with Crippen molar-refractivity contribution in [3.63, 3.8) is 0 Å². The molecule has 0 radical (unpaired) electrons. The van der Waals surface area contributed by atoms with Crippen LogP contribution in [0, 0.1) is 0 Å². The van der Waals surface area contributed by atoms with Gasteiger partial charge in [0.15, 0.2) is 0 Å². The summed E-state index contributed by atoms with van der Waals surface area (Å²) in [5.74, 6) is 2.24. The molecule has 2 aliphatic carbocycles. The molecule has 3 heterocycles. The summed E-state index contributed by atoms with van der Waals surface area (Å²) in [4.78, 5) is 20.9. The number of nitrogens with zero attached hydrogens (tertiary/aromatic N) is 5. The monoisotopic (exact) mass is 395 g/mol. The van der Waals surface area contributed by atoms with Gasteiger partial charge in [-0.25, -0.2) is 9.97 Å². The smallest absolute Gasteiger partial charge is 0.271 e. The Bertz CT molecular complexity index is 1010. The third kappa shape index (κ3) is 3.75. The molecule has 144 valence electrons. The molecule has 9 heteroatoms. The minimum absolute atomic E-state index is 0.171. The van der Waals surface area contributed by atoms with Crippen LogP contribution in [0.25, 0.3) is 5.69 Å². The van der Waals surface area contributed by atoms with Crippen LogP contribution in [-0.2, 0) is 0 Å². The van der Waals surface area contributed by atoms with Crippen molar-refractivity contribution in [2.45, 2.75) is 50.1 Å². The van der Waals surface area contributed by atoms with Crippen LogP contribution in [0.4, 0.5) is 11.8 Å². The molecule has 0 spiro atoms. The lowest BCUT2D eigenvalue weighted by atomic mass is 10.2. The van der Waals surface area contributed by atoms with Crippen LogP contribution < -0.4 is 16.2 Å². The van der Waals surface area contributed by atoms with Gasteiger partial charge in [0.2, 0.25) is 5.95 Å². The van der Waals surface area contributed by atoms with Crippen molar-refractivity contribution in [3.05, 3.63) is 52.0 Å². The van der Waals surface area contributed by atoms with Crippen molar-refractivity contribution in [1.29, 1.82) is 0 Å². The molecule has 0 aromatic carbocycles. The predicted molar refractivity (Wildman–Crippen MR) is 108 cm³/mol. The Labute approximate surface area is 166 Å². The average molecular weight is 395 g/mol. The Morgan fingerprint density at radius 2 is 1.93 bits per heavy atom. The SMILES string of the molecule is O=c1cccnn1-c1ccc(N[C@H]2CC[C@H](Nc3nsc(C4CC4)n3)C2)nc1.